The van der Waals surface area contributed by atoms with Gasteiger partial charge in [0, 0.05) is 10.0 Å². The molecule has 0 aromatic heterocycles. The highest BCUT2D eigenvalue weighted by molar-refractivity contribution is 9.10. The molecule has 0 saturated carbocycles. The minimum Gasteiger partial charge on any atom is -0.386 e. The van der Waals surface area contributed by atoms with Crippen LogP contribution in [-0.2, 0) is 0 Å². The Balaban J connectivity index is 2.10. The van der Waals surface area contributed by atoms with Gasteiger partial charge in [0.15, 0.2) is 0 Å². The Labute approximate surface area is 114 Å². The van der Waals surface area contributed by atoms with E-state index in [9.17, 15) is 14.3 Å². The van der Waals surface area contributed by atoms with Gasteiger partial charge in [-0.2, -0.15) is 0 Å². The van der Waals surface area contributed by atoms with Crippen molar-refractivity contribution in [2.45, 2.75) is 19.4 Å². The molecule has 0 aliphatic carbocycles. The van der Waals surface area contributed by atoms with Crippen molar-refractivity contribution in [1.82, 2.24) is 4.90 Å². The third-order valence-corrected chi connectivity index (χ3v) is 3.86. The van der Waals surface area contributed by atoms with Crippen LogP contribution in [0.25, 0.3) is 0 Å². The van der Waals surface area contributed by atoms with Gasteiger partial charge in [0.1, 0.15) is 11.4 Å². The van der Waals surface area contributed by atoms with Crippen LogP contribution >= 0.6 is 15.9 Å². The van der Waals surface area contributed by atoms with Crippen molar-refractivity contribution in [3.63, 3.8) is 0 Å². The highest BCUT2D eigenvalue weighted by Gasteiger charge is 2.45. The average molecular weight is 316 g/mol. The van der Waals surface area contributed by atoms with Crippen molar-refractivity contribution in [2.24, 2.45) is 5.92 Å². The summed E-state index contributed by atoms with van der Waals surface area (Å²) in [5.74, 6) is -0.603. The Morgan fingerprint density at radius 3 is 2.56 bits per heavy atom. The minimum absolute atomic E-state index is 0.0980. The SMILES string of the molecule is CC(C)C1(O)CN(C(=O)c2cc(F)cc(Br)c2)C1. The molecule has 1 saturated heterocycles. The summed E-state index contributed by atoms with van der Waals surface area (Å²) in [6, 6.07) is 4.09. The van der Waals surface area contributed by atoms with Gasteiger partial charge in [0.25, 0.3) is 5.91 Å². The Morgan fingerprint density at radius 2 is 2.06 bits per heavy atom. The van der Waals surface area contributed by atoms with Crippen LogP contribution < -0.4 is 0 Å². The molecular formula is C13H15BrFNO2. The monoisotopic (exact) mass is 315 g/mol. The lowest BCUT2D eigenvalue weighted by Gasteiger charge is -2.49. The second-order valence-corrected chi connectivity index (χ2v) is 5.99. The quantitative estimate of drug-likeness (QED) is 0.910. The van der Waals surface area contributed by atoms with Gasteiger partial charge >= 0.3 is 0 Å². The second-order valence-electron chi connectivity index (χ2n) is 5.08. The molecule has 0 atom stereocenters. The zero-order valence-corrected chi connectivity index (χ0v) is 11.9. The smallest absolute Gasteiger partial charge is 0.254 e. The molecule has 98 valence electrons. The lowest BCUT2D eigenvalue weighted by Crippen LogP contribution is -2.65. The molecule has 2 rings (SSSR count). The molecule has 0 unspecified atom stereocenters. The molecule has 3 nitrogen and oxygen atoms in total. The molecule has 1 aromatic carbocycles. The summed E-state index contributed by atoms with van der Waals surface area (Å²) in [7, 11) is 0. The lowest BCUT2D eigenvalue weighted by atomic mass is 9.82. The van der Waals surface area contributed by atoms with Gasteiger partial charge in [-0.15, -0.1) is 0 Å². The number of nitrogens with zero attached hydrogens (tertiary/aromatic N) is 1. The summed E-state index contributed by atoms with van der Waals surface area (Å²) in [5, 5.41) is 10.1. The van der Waals surface area contributed by atoms with Gasteiger partial charge in [-0.3, -0.25) is 4.79 Å². The van der Waals surface area contributed by atoms with Gasteiger partial charge in [0.05, 0.1) is 13.1 Å². The maximum Gasteiger partial charge on any atom is 0.254 e. The minimum atomic E-state index is -0.805. The number of β-amino-alcohol motifs (C(OH)–C–C–N with tert-alkyl or cyclic N) is 1. The summed E-state index contributed by atoms with van der Waals surface area (Å²) in [4.78, 5) is 13.6. The molecular weight excluding hydrogens is 301 g/mol. The molecule has 1 aliphatic rings. The van der Waals surface area contributed by atoms with E-state index in [1.807, 2.05) is 13.8 Å². The average Bonchev–Trinajstić information content (AvgIpc) is 2.22. The van der Waals surface area contributed by atoms with Crippen LogP contribution in [0.1, 0.15) is 24.2 Å². The van der Waals surface area contributed by atoms with Crippen LogP contribution in [0.3, 0.4) is 0 Å². The van der Waals surface area contributed by atoms with Gasteiger partial charge in [-0.1, -0.05) is 29.8 Å². The highest BCUT2D eigenvalue weighted by Crippen LogP contribution is 2.30. The Bertz CT molecular complexity index is 464. The molecule has 0 radical (unpaired) electrons. The first-order chi connectivity index (χ1) is 8.32. The molecule has 1 fully saturated rings. The summed E-state index contributed by atoms with van der Waals surface area (Å²) in [5.41, 5.74) is -0.507. The number of rotatable bonds is 2. The number of likely N-dealkylation sites (tertiary alicyclic amines) is 1. The number of carbonyl (C=O) groups is 1. The van der Waals surface area contributed by atoms with Crippen molar-refractivity contribution in [3.05, 3.63) is 34.1 Å². The zero-order chi connectivity index (χ0) is 13.5. The molecule has 1 amide bonds. The molecule has 1 heterocycles. The van der Waals surface area contributed by atoms with Crippen LogP contribution in [0.15, 0.2) is 22.7 Å². The molecule has 18 heavy (non-hydrogen) atoms. The summed E-state index contributed by atoms with van der Waals surface area (Å²) < 4.78 is 13.7. The third-order valence-electron chi connectivity index (χ3n) is 3.40. The van der Waals surface area contributed by atoms with Crippen LogP contribution in [0.4, 0.5) is 4.39 Å². The van der Waals surface area contributed by atoms with Crippen molar-refractivity contribution < 1.29 is 14.3 Å². The summed E-state index contributed by atoms with van der Waals surface area (Å²) in [6.07, 6.45) is 0. The van der Waals surface area contributed by atoms with Crippen molar-refractivity contribution in [3.8, 4) is 0 Å². The normalized spacial score (nSPS) is 17.8. The van der Waals surface area contributed by atoms with Crippen LogP contribution in [-0.4, -0.2) is 34.6 Å². The molecule has 5 heteroatoms. The highest BCUT2D eigenvalue weighted by atomic mass is 79.9. The molecule has 1 aromatic rings. The lowest BCUT2D eigenvalue weighted by molar-refractivity contribution is -0.110. The number of amides is 1. The summed E-state index contributed by atoms with van der Waals surface area (Å²) in [6.45, 7) is 4.44. The Morgan fingerprint density at radius 1 is 1.44 bits per heavy atom. The van der Waals surface area contributed by atoms with Crippen molar-refractivity contribution in [1.29, 1.82) is 0 Å². The molecule has 1 N–H and O–H groups in total. The zero-order valence-electron chi connectivity index (χ0n) is 10.3. The second kappa shape index (κ2) is 4.63. The number of carbonyl (C=O) groups excluding carboxylic acids is 1. The molecule has 0 spiro atoms. The predicted octanol–water partition coefficient (Wildman–Crippen LogP) is 2.43. The first-order valence-corrected chi connectivity index (χ1v) is 6.59. The maximum atomic E-state index is 13.2. The number of halogens is 2. The van der Waals surface area contributed by atoms with Crippen LogP contribution in [0.2, 0.25) is 0 Å². The fourth-order valence-electron chi connectivity index (χ4n) is 1.98. The van der Waals surface area contributed by atoms with E-state index < -0.39 is 11.4 Å². The van der Waals surface area contributed by atoms with E-state index in [2.05, 4.69) is 15.9 Å². The fraction of sp³-hybridized carbons (Fsp3) is 0.462. The van der Waals surface area contributed by atoms with E-state index >= 15 is 0 Å². The van der Waals surface area contributed by atoms with E-state index in [4.69, 9.17) is 0 Å². The maximum absolute atomic E-state index is 13.2. The van der Waals surface area contributed by atoms with Gasteiger partial charge in [-0.25, -0.2) is 4.39 Å². The number of hydrogen-bond acceptors (Lipinski definition) is 2. The topological polar surface area (TPSA) is 40.5 Å². The van der Waals surface area contributed by atoms with E-state index in [1.165, 1.54) is 17.0 Å². The van der Waals surface area contributed by atoms with E-state index in [0.717, 1.165) is 0 Å². The number of hydrogen-bond donors (Lipinski definition) is 1. The van der Waals surface area contributed by atoms with Crippen molar-refractivity contribution in [2.75, 3.05) is 13.1 Å². The van der Waals surface area contributed by atoms with E-state index in [-0.39, 0.29) is 11.8 Å². The van der Waals surface area contributed by atoms with Gasteiger partial charge in [0.2, 0.25) is 0 Å². The van der Waals surface area contributed by atoms with Gasteiger partial charge in [-0.05, 0) is 24.1 Å². The predicted molar refractivity (Wildman–Crippen MR) is 69.8 cm³/mol. The first kappa shape index (κ1) is 13.5. The number of aliphatic hydroxyl groups is 1. The van der Waals surface area contributed by atoms with Crippen LogP contribution in [0, 0.1) is 11.7 Å². The Hall–Kier alpha value is -0.940. The summed E-state index contributed by atoms with van der Waals surface area (Å²) >= 11 is 3.16. The standard InChI is InChI=1S/C13H15BrFNO2/c1-8(2)13(18)6-16(7-13)12(17)9-3-10(14)5-11(15)4-9/h3-5,8,18H,6-7H2,1-2H3. The van der Waals surface area contributed by atoms with E-state index in [0.29, 0.717) is 23.1 Å². The largest absolute Gasteiger partial charge is 0.386 e. The van der Waals surface area contributed by atoms with Crippen LogP contribution in [0.5, 0.6) is 0 Å². The Kier molecular flexibility index (Phi) is 3.47. The fourth-order valence-corrected chi connectivity index (χ4v) is 2.45. The first-order valence-electron chi connectivity index (χ1n) is 5.79. The third kappa shape index (κ3) is 2.42. The van der Waals surface area contributed by atoms with E-state index in [1.54, 1.807) is 6.07 Å². The van der Waals surface area contributed by atoms with Gasteiger partial charge < -0.3 is 10.0 Å². The molecule has 0 bridgehead atoms. The number of benzene rings is 1. The molecule has 1 aliphatic heterocycles. The van der Waals surface area contributed by atoms with Crippen molar-refractivity contribution >= 4 is 21.8 Å².